The number of hydrogen-bond acceptors (Lipinski definition) is 3. The van der Waals surface area contributed by atoms with Gasteiger partial charge in [0.2, 0.25) is 0 Å². The monoisotopic (exact) mass is 250 g/mol. The van der Waals surface area contributed by atoms with Crippen LogP contribution in [0.1, 0.15) is 27.7 Å². The third kappa shape index (κ3) is 2.36. The Morgan fingerprint density at radius 1 is 1.60 bits per heavy atom. The number of hydrogen-bond donors (Lipinski definition) is 0. The normalized spacial score (nSPS) is 30.0. The highest BCUT2D eigenvalue weighted by atomic mass is 35.5. The molecule has 0 spiro atoms. The molecule has 86 valence electrons. The summed E-state index contributed by atoms with van der Waals surface area (Å²) in [7, 11) is -3.28. The molecule has 1 aliphatic heterocycles. The summed E-state index contributed by atoms with van der Waals surface area (Å²) in [4.78, 5) is 0. The zero-order valence-corrected chi connectivity index (χ0v) is 11.1. The molecule has 0 aromatic heterocycles. The van der Waals surface area contributed by atoms with Crippen LogP contribution in [0.3, 0.4) is 0 Å². The van der Waals surface area contributed by atoms with E-state index in [0.717, 1.165) is 0 Å². The van der Waals surface area contributed by atoms with E-state index in [1.165, 1.54) is 6.08 Å². The Balaban J connectivity index is 3.16. The predicted octanol–water partition coefficient (Wildman–Crippen LogP) is 4.05. The van der Waals surface area contributed by atoms with E-state index in [-0.39, 0.29) is 6.10 Å². The van der Waals surface area contributed by atoms with Gasteiger partial charge in [-0.05, 0) is 27.7 Å². The highest BCUT2D eigenvalue weighted by molar-refractivity contribution is 7.59. The van der Waals surface area contributed by atoms with Gasteiger partial charge in [-0.1, -0.05) is 24.3 Å². The van der Waals surface area contributed by atoms with E-state index in [9.17, 15) is 4.57 Å². The van der Waals surface area contributed by atoms with Crippen molar-refractivity contribution in [3.8, 4) is 0 Å². The van der Waals surface area contributed by atoms with E-state index in [4.69, 9.17) is 20.6 Å². The second kappa shape index (κ2) is 4.06. The van der Waals surface area contributed by atoms with Crippen molar-refractivity contribution in [2.75, 3.05) is 0 Å². The first kappa shape index (κ1) is 13.0. The molecule has 0 saturated carbocycles. The second-order valence-corrected chi connectivity index (χ2v) is 6.40. The zero-order valence-electron chi connectivity index (χ0n) is 9.41. The molecule has 0 radical (unpaired) electrons. The summed E-state index contributed by atoms with van der Waals surface area (Å²) < 4.78 is 23.1. The summed E-state index contributed by atoms with van der Waals surface area (Å²) in [6.45, 7) is 10.7. The van der Waals surface area contributed by atoms with E-state index in [1.807, 2.05) is 0 Å². The number of allylic oxidation sites excluding steroid dienone is 2. The van der Waals surface area contributed by atoms with Crippen LogP contribution in [0.5, 0.6) is 0 Å². The molecule has 0 aliphatic carbocycles. The third-order valence-electron chi connectivity index (χ3n) is 1.94. The molecule has 1 heterocycles. The van der Waals surface area contributed by atoms with Crippen LogP contribution in [0.25, 0.3) is 0 Å². The minimum absolute atomic E-state index is 0.191. The van der Waals surface area contributed by atoms with Crippen molar-refractivity contribution < 1.29 is 13.6 Å². The molecule has 0 aromatic carbocycles. The summed E-state index contributed by atoms with van der Waals surface area (Å²) in [5.74, 6) is 0. The van der Waals surface area contributed by atoms with E-state index in [0.29, 0.717) is 10.3 Å². The predicted molar refractivity (Wildman–Crippen MR) is 62.1 cm³/mol. The van der Waals surface area contributed by atoms with Gasteiger partial charge in [-0.15, -0.1) is 0 Å². The minimum Gasteiger partial charge on any atom is -0.302 e. The van der Waals surface area contributed by atoms with Crippen molar-refractivity contribution >= 4 is 19.2 Å². The van der Waals surface area contributed by atoms with E-state index < -0.39 is 13.2 Å². The molecule has 0 N–H and O–H groups in total. The second-order valence-electron chi connectivity index (χ2n) is 4.16. The molecule has 0 bridgehead atoms. The van der Waals surface area contributed by atoms with Crippen molar-refractivity contribution in [2.45, 2.75) is 39.4 Å². The van der Waals surface area contributed by atoms with Crippen LogP contribution in [-0.4, -0.2) is 11.7 Å². The van der Waals surface area contributed by atoms with Gasteiger partial charge < -0.3 is 4.52 Å². The lowest BCUT2D eigenvalue weighted by Gasteiger charge is -2.21. The average Bonchev–Trinajstić information content (AvgIpc) is 2.16. The van der Waals surface area contributed by atoms with Gasteiger partial charge in [0.15, 0.2) is 0 Å². The maximum absolute atomic E-state index is 12.4. The molecule has 1 unspecified atom stereocenters. The molecular weight excluding hydrogens is 235 g/mol. The molecular formula is C10H16ClO3P. The van der Waals surface area contributed by atoms with Crippen molar-refractivity contribution in [3.05, 3.63) is 23.0 Å². The summed E-state index contributed by atoms with van der Waals surface area (Å²) >= 11 is 6.07. The molecule has 3 nitrogen and oxygen atoms in total. The van der Waals surface area contributed by atoms with Gasteiger partial charge in [0, 0.05) is 0 Å². The maximum Gasteiger partial charge on any atom is 0.363 e. The summed E-state index contributed by atoms with van der Waals surface area (Å²) in [6.07, 6.45) is 1.25. The molecule has 1 aliphatic rings. The topological polar surface area (TPSA) is 35.5 Å². The van der Waals surface area contributed by atoms with Crippen molar-refractivity contribution in [2.24, 2.45) is 0 Å². The Kier molecular flexibility index (Phi) is 3.52. The first-order valence-corrected chi connectivity index (χ1v) is 6.67. The highest BCUT2D eigenvalue weighted by Crippen LogP contribution is 2.67. The Hall–Kier alpha value is -0.0800. The zero-order chi connectivity index (χ0) is 11.9. The van der Waals surface area contributed by atoms with Crippen molar-refractivity contribution in [1.82, 2.24) is 0 Å². The van der Waals surface area contributed by atoms with Crippen LogP contribution in [0.4, 0.5) is 0 Å². The van der Waals surface area contributed by atoms with E-state index in [1.54, 1.807) is 27.7 Å². The SMILES string of the molecule is C=CC1=C(Cl)C(C)(C)OP1(=O)OC(C)C. The van der Waals surface area contributed by atoms with Gasteiger partial charge in [0.25, 0.3) is 0 Å². The first-order valence-electron chi connectivity index (χ1n) is 4.75. The van der Waals surface area contributed by atoms with Gasteiger partial charge in [-0.2, -0.15) is 0 Å². The highest BCUT2D eigenvalue weighted by Gasteiger charge is 2.48. The van der Waals surface area contributed by atoms with Gasteiger partial charge in [-0.25, -0.2) is 0 Å². The minimum atomic E-state index is -3.28. The van der Waals surface area contributed by atoms with Crippen LogP contribution in [0.15, 0.2) is 23.0 Å². The fraction of sp³-hybridized carbons (Fsp3) is 0.600. The lowest BCUT2D eigenvalue weighted by molar-refractivity contribution is 0.115. The van der Waals surface area contributed by atoms with E-state index in [2.05, 4.69) is 6.58 Å². The molecule has 15 heavy (non-hydrogen) atoms. The van der Waals surface area contributed by atoms with Gasteiger partial charge in [-0.3, -0.25) is 9.09 Å². The number of rotatable bonds is 3. The van der Waals surface area contributed by atoms with Gasteiger partial charge in [0.05, 0.1) is 16.5 Å². The molecule has 1 rings (SSSR count). The third-order valence-corrected chi connectivity index (χ3v) is 5.12. The summed E-state index contributed by atoms with van der Waals surface area (Å²) in [6, 6.07) is 0. The Labute approximate surface area is 95.6 Å². The average molecular weight is 251 g/mol. The fourth-order valence-corrected chi connectivity index (χ4v) is 4.09. The lowest BCUT2D eigenvalue weighted by Crippen LogP contribution is -2.18. The first-order chi connectivity index (χ1) is 6.73. The van der Waals surface area contributed by atoms with Crippen molar-refractivity contribution in [1.29, 1.82) is 0 Å². The molecule has 1 atom stereocenters. The van der Waals surface area contributed by atoms with Crippen LogP contribution in [-0.2, 0) is 13.6 Å². The van der Waals surface area contributed by atoms with E-state index >= 15 is 0 Å². The molecule has 0 saturated heterocycles. The standard InChI is InChI=1S/C10H16ClO3P/c1-6-8-9(11)10(4,5)14-15(8,12)13-7(2)3/h6-7H,1H2,2-5H3. The van der Waals surface area contributed by atoms with Crippen molar-refractivity contribution in [3.63, 3.8) is 0 Å². The Bertz CT molecular complexity index is 358. The molecule has 0 fully saturated rings. The van der Waals surface area contributed by atoms with Crippen LogP contribution < -0.4 is 0 Å². The molecule has 0 aromatic rings. The Morgan fingerprint density at radius 2 is 2.13 bits per heavy atom. The van der Waals surface area contributed by atoms with Gasteiger partial charge >= 0.3 is 7.60 Å². The van der Waals surface area contributed by atoms with Gasteiger partial charge in [0.1, 0.15) is 5.60 Å². The summed E-state index contributed by atoms with van der Waals surface area (Å²) in [5, 5.41) is 0.782. The quantitative estimate of drug-likeness (QED) is 0.709. The van der Waals surface area contributed by atoms with Crippen LogP contribution in [0.2, 0.25) is 0 Å². The fourth-order valence-electron chi connectivity index (χ4n) is 1.38. The summed E-state index contributed by atoms with van der Waals surface area (Å²) in [5.41, 5.74) is -0.768. The smallest absolute Gasteiger partial charge is 0.302 e. The largest absolute Gasteiger partial charge is 0.363 e. The Morgan fingerprint density at radius 3 is 2.53 bits per heavy atom. The molecule has 0 amide bonds. The lowest BCUT2D eigenvalue weighted by atomic mass is 10.1. The molecule has 5 heteroatoms. The van der Waals surface area contributed by atoms with Crippen LogP contribution >= 0.6 is 19.2 Å². The maximum atomic E-state index is 12.4. The van der Waals surface area contributed by atoms with Crippen LogP contribution in [0, 0.1) is 0 Å². The number of halogens is 1.